The molecule has 4 saturated carbocycles. The topological polar surface area (TPSA) is 41.6 Å². The third kappa shape index (κ3) is 1.65. The molecule has 3 heteroatoms. The zero-order valence-corrected chi connectivity index (χ0v) is 13.3. The fraction of sp³-hybridized carbons (Fsp3) is 0.500. The number of imidazole rings is 1. The summed E-state index contributed by atoms with van der Waals surface area (Å²) in [5.41, 5.74) is 3.59. The van der Waals surface area contributed by atoms with Gasteiger partial charge < -0.3 is 4.98 Å². The molecule has 0 atom stereocenters. The molecule has 0 unspecified atom stereocenters. The summed E-state index contributed by atoms with van der Waals surface area (Å²) in [7, 11) is 0. The highest BCUT2D eigenvalue weighted by atomic mass is 15.0. The third-order valence-corrected chi connectivity index (χ3v) is 6.76. The fourth-order valence-electron chi connectivity index (χ4n) is 6.26. The summed E-state index contributed by atoms with van der Waals surface area (Å²) in [5, 5.41) is 1.18. The molecule has 0 spiro atoms. The predicted molar refractivity (Wildman–Crippen MR) is 91.2 cm³/mol. The molecular formula is C20H21N3. The molecule has 4 aliphatic carbocycles. The smallest absolute Gasteiger partial charge is 0.113 e. The minimum Gasteiger partial charge on any atom is -0.340 e. The van der Waals surface area contributed by atoms with E-state index in [0.717, 1.165) is 34.3 Å². The first-order valence-corrected chi connectivity index (χ1v) is 9.03. The Labute approximate surface area is 135 Å². The van der Waals surface area contributed by atoms with E-state index in [4.69, 9.17) is 4.98 Å². The van der Waals surface area contributed by atoms with Crippen molar-refractivity contribution in [3.8, 4) is 0 Å². The lowest BCUT2D eigenvalue weighted by Gasteiger charge is -2.55. The Morgan fingerprint density at radius 3 is 2.39 bits per heavy atom. The van der Waals surface area contributed by atoms with E-state index in [1.807, 2.05) is 12.3 Å². The average molecular weight is 303 g/mol. The van der Waals surface area contributed by atoms with Gasteiger partial charge in [0.15, 0.2) is 0 Å². The Kier molecular flexibility index (Phi) is 2.25. The van der Waals surface area contributed by atoms with Crippen molar-refractivity contribution in [2.75, 3.05) is 0 Å². The van der Waals surface area contributed by atoms with Crippen LogP contribution in [0.5, 0.6) is 0 Å². The molecule has 116 valence electrons. The van der Waals surface area contributed by atoms with Crippen molar-refractivity contribution in [1.29, 1.82) is 0 Å². The van der Waals surface area contributed by atoms with Crippen molar-refractivity contribution < 1.29 is 0 Å². The van der Waals surface area contributed by atoms with Gasteiger partial charge in [-0.2, -0.15) is 0 Å². The Bertz CT molecular complexity index is 888. The van der Waals surface area contributed by atoms with E-state index in [-0.39, 0.29) is 0 Å². The van der Waals surface area contributed by atoms with Gasteiger partial charge in [0.25, 0.3) is 0 Å². The highest BCUT2D eigenvalue weighted by molar-refractivity contribution is 6.01. The number of aromatic amines is 1. The molecule has 23 heavy (non-hydrogen) atoms. The van der Waals surface area contributed by atoms with Crippen molar-refractivity contribution in [2.24, 2.45) is 17.8 Å². The lowest BCUT2D eigenvalue weighted by Crippen LogP contribution is -2.49. The van der Waals surface area contributed by atoms with Crippen LogP contribution < -0.4 is 0 Å². The zero-order valence-electron chi connectivity index (χ0n) is 13.3. The monoisotopic (exact) mass is 303 g/mol. The number of fused-ring (bicyclic) bond motifs is 3. The van der Waals surface area contributed by atoms with Gasteiger partial charge in [0.2, 0.25) is 0 Å². The van der Waals surface area contributed by atoms with Crippen molar-refractivity contribution in [1.82, 2.24) is 15.0 Å². The minimum atomic E-state index is 0.328. The number of pyridine rings is 1. The van der Waals surface area contributed by atoms with Crippen LogP contribution >= 0.6 is 0 Å². The number of benzene rings is 1. The first kappa shape index (κ1) is 12.5. The standard InChI is InChI=1S/C20H21N3/c1-2-4-16-15(3-1)18-17(11-21-16)22-19(23-18)20-8-12-5-13(9-20)7-14(6-12)10-20/h1-4,11-14H,5-10H2,(H,22,23). The van der Waals surface area contributed by atoms with E-state index in [9.17, 15) is 0 Å². The number of rotatable bonds is 1. The highest BCUT2D eigenvalue weighted by Crippen LogP contribution is 2.60. The Morgan fingerprint density at radius 2 is 1.65 bits per heavy atom. The van der Waals surface area contributed by atoms with E-state index in [0.29, 0.717) is 5.41 Å². The number of nitrogens with zero attached hydrogens (tertiary/aromatic N) is 2. The zero-order chi connectivity index (χ0) is 15.0. The average Bonchev–Trinajstić information content (AvgIpc) is 2.99. The highest BCUT2D eigenvalue weighted by Gasteiger charge is 2.53. The molecule has 2 heterocycles. The molecule has 3 aromatic rings. The second kappa shape index (κ2) is 4.14. The maximum atomic E-state index is 5.14. The van der Waals surface area contributed by atoms with Crippen LogP contribution in [0.3, 0.4) is 0 Å². The summed E-state index contributed by atoms with van der Waals surface area (Å²) in [5.74, 6) is 4.10. The van der Waals surface area contributed by atoms with E-state index in [1.165, 1.54) is 49.7 Å². The molecule has 0 saturated heterocycles. The van der Waals surface area contributed by atoms with Gasteiger partial charge in [0.1, 0.15) is 5.82 Å². The minimum absolute atomic E-state index is 0.328. The number of aromatic nitrogens is 3. The quantitative estimate of drug-likeness (QED) is 0.715. The molecule has 4 fully saturated rings. The van der Waals surface area contributed by atoms with Crippen LogP contribution in [0.2, 0.25) is 0 Å². The van der Waals surface area contributed by atoms with Gasteiger partial charge >= 0.3 is 0 Å². The molecule has 0 radical (unpaired) electrons. The molecule has 1 N–H and O–H groups in total. The molecule has 4 bridgehead atoms. The molecular weight excluding hydrogens is 282 g/mol. The van der Waals surface area contributed by atoms with Gasteiger partial charge in [-0.05, 0) is 62.3 Å². The first-order valence-electron chi connectivity index (χ1n) is 9.03. The molecule has 2 aromatic heterocycles. The lowest BCUT2D eigenvalue weighted by atomic mass is 9.49. The second-order valence-corrected chi connectivity index (χ2v) is 8.32. The summed E-state index contributed by atoms with van der Waals surface area (Å²) >= 11 is 0. The van der Waals surface area contributed by atoms with Crippen LogP contribution in [-0.4, -0.2) is 15.0 Å². The Morgan fingerprint density at radius 1 is 0.957 bits per heavy atom. The van der Waals surface area contributed by atoms with Crippen LogP contribution in [-0.2, 0) is 5.41 Å². The van der Waals surface area contributed by atoms with Crippen molar-refractivity contribution in [2.45, 2.75) is 43.9 Å². The number of para-hydroxylation sites is 1. The summed E-state index contributed by atoms with van der Waals surface area (Å²) in [6.45, 7) is 0. The predicted octanol–water partition coefficient (Wildman–Crippen LogP) is 4.58. The normalized spacial score (nSPS) is 35.4. The van der Waals surface area contributed by atoms with Crippen molar-refractivity contribution in [3.05, 3.63) is 36.3 Å². The van der Waals surface area contributed by atoms with Crippen LogP contribution in [0.1, 0.15) is 44.3 Å². The van der Waals surface area contributed by atoms with Crippen LogP contribution in [0.15, 0.2) is 30.5 Å². The van der Waals surface area contributed by atoms with Crippen LogP contribution in [0.25, 0.3) is 21.9 Å². The molecule has 7 rings (SSSR count). The Balaban J connectivity index is 1.56. The second-order valence-electron chi connectivity index (χ2n) is 8.32. The van der Waals surface area contributed by atoms with Gasteiger partial charge in [-0.25, -0.2) is 4.98 Å². The van der Waals surface area contributed by atoms with E-state index >= 15 is 0 Å². The van der Waals surface area contributed by atoms with Gasteiger partial charge in [-0.15, -0.1) is 0 Å². The summed E-state index contributed by atoms with van der Waals surface area (Å²) < 4.78 is 0. The largest absolute Gasteiger partial charge is 0.340 e. The van der Waals surface area contributed by atoms with E-state index in [2.05, 4.69) is 28.2 Å². The summed E-state index contributed by atoms with van der Waals surface area (Å²) in [6.07, 6.45) is 10.4. The van der Waals surface area contributed by atoms with Gasteiger partial charge in [-0.1, -0.05) is 18.2 Å². The van der Waals surface area contributed by atoms with Crippen LogP contribution in [0, 0.1) is 17.8 Å². The van der Waals surface area contributed by atoms with Gasteiger partial charge in [0.05, 0.1) is 22.7 Å². The number of nitrogens with one attached hydrogen (secondary N) is 1. The number of hydrogen-bond acceptors (Lipinski definition) is 2. The number of hydrogen-bond donors (Lipinski definition) is 1. The Hall–Kier alpha value is -1.90. The third-order valence-electron chi connectivity index (χ3n) is 6.76. The van der Waals surface area contributed by atoms with E-state index in [1.54, 1.807) is 0 Å². The van der Waals surface area contributed by atoms with Crippen molar-refractivity contribution in [3.63, 3.8) is 0 Å². The maximum Gasteiger partial charge on any atom is 0.113 e. The molecule has 0 aliphatic heterocycles. The molecule has 4 aliphatic rings. The summed E-state index contributed by atoms with van der Waals surface area (Å²) in [6, 6.07) is 8.36. The lowest BCUT2D eigenvalue weighted by molar-refractivity contribution is -0.00886. The molecule has 1 aromatic carbocycles. The summed E-state index contributed by atoms with van der Waals surface area (Å²) in [4.78, 5) is 13.4. The van der Waals surface area contributed by atoms with Gasteiger partial charge in [0, 0.05) is 10.8 Å². The molecule has 0 amide bonds. The SMILES string of the molecule is c1ccc2c(c1)ncc1[nH]c(C34CC5CC(CC(C5)C3)C4)nc12. The number of H-pyrrole nitrogens is 1. The molecule has 3 nitrogen and oxygen atoms in total. The van der Waals surface area contributed by atoms with Crippen molar-refractivity contribution >= 4 is 21.9 Å². The van der Waals surface area contributed by atoms with Gasteiger partial charge in [-0.3, -0.25) is 4.98 Å². The van der Waals surface area contributed by atoms with Crippen LogP contribution in [0.4, 0.5) is 0 Å². The van der Waals surface area contributed by atoms with E-state index < -0.39 is 0 Å². The maximum absolute atomic E-state index is 5.14. The fourth-order valence-corrected chi connectivity index (χ4v) is 6.26. The first-order chi connectivity index (χ1) is 11.3.